The number of halogens is 1. The van der Waals surface area contributed by atoms with Crippen LogP contribution in [0.1, 0.15) is 18.4 Å². The molecule has 5 rings (SSSR count). The Labute approximate surface area is 227 Å². The summed E-state index contributed by atoms with van der Waals surface area (Å²) in [6.45, 7) is 2.59. The quantitative estimate of drug-likeness (QED) is 0.481. The first-order chi connectivity index (χ1) is 18.2. The van der Waals surface area contributed by atoms with Gasteiger partial charge in [0, 0.05) is 43.8 Å². The zero-order valence-electron chi connectivity index (χ0n) is 20.9. The molecule has 3 amide bonds. The fourth-order valence-corrected chi connectivity index (χ4v) is 6.78. The fraction of sp³-hybridized carbons (Fsp3) is 0.357. The lowest BCUT2D eigenvalue weighted by Crippen LogP contribution is -2.51. The predicted molar refractivity (Wildman–Crippen MR) is 146 cm³/mol. The summed E-state index contributed by atoms with van der Waals surface area (Å²) in [5.41, 5.74) is 1.08. The van der Waals surface area contributed by atoms with Crippen LogP contribution < -0.4 is 0 Å². The molecule has 0 saturated carbocycles. The molecule has 0 radical (unpaired) electrons. The van der Waals surface area contributed by atoms with Crippen LogP contribution in [0.4, 0.5) is 4.79 Å². The van der Waals surface area contributed by atoms with E-state index in [-0.39, 0.29) is 17.0 Å². The lowest BCUT2D eigenvalue weighted by molar-refractivity contribution is -0.140. The molecule has 38 heavy (non-hydrogen) atoms. The molecule has 10 heteroatoms. The summed E-state index contributed by atoms with van der Waals surface area (Å²) in [7, 11) is -3.90. The number of likely N-dealkylation sites (tertiary alicyclic amines) is 1. The average molecular weight is 556 g/mol. The fourth-order valence-electron chi connectivity index (χ4n) is 5.26. The zero-order chi connectivity index (χ0) is 26.9. The van der Waals surface area contributed by atoms with Crippen molar-refractivity contribution in [2.24, 2.45) is 0 Å². The molecule has 200 valence electrons. The number of rotatable bonds is 7. The van der Waals surface area contributed by atoms with Gasteiger partial charge in [-0.15, -0.1) is 0 Å². The van der Waals surface area contributed by atoms with Crippen LogP contribution in [0.3, 0.4) is 0 Å². The van der Waals surface area contributed by atoms with Crippen molar-refractivity contribution >= 4 is 44.1 Å². The SMILES string of the molecule is O=C([C@H](O)CS(=O)(=O)c1ccc2cc(Cl)ccc2c1)N1CCC(N2CCN(Cc3ccccc3)C2=O)CC1. The Balaban J connectivity index is 1.15. The van der Waals surface area contributed by atoms with E-state index in [1.54, 1.807) is 24.3 Å². The number of aliphatic hydroxyl groups excluding tert-OH is 1. The minimum Gasteiger partial charge on any atom is -0.382 e. The van der Waals surface area contributed by atoms with Gasteiger partial charge in [-0.25, -0.2) is 13.2 Å². The number of carbonyl (C=O) groups excluding carboxylic acids is 2. The molecule has 2 aliphatic heterocycles. The number of piperidine rings is 1. The molecule has 0 spiro atoms. The molecule has 3 aromatic rings. The summed E-state index contributed by atoms with van der Waals surface area (Å²) in [6.07, 6.45) is -0.487. The van der Waals surface area contributed by atoms with Crippen molar-refractivity contribution in [1.29, 1.82) is 0 Å². The number of fused-ring (bicyclic) bond motifs is 1. The number of nitrogens with zero attached hydrogens (tertiary/aromatic N) is 3. The lowest BCUT2D eigenvalue weighted by Gasteiger charge is -2.37. The number of hydrogen-bond acceptors (Lipinski definition) is 5. The molecule has 2 heterocycles. The molecular weight excluding hydrogens is 526 g/mol. The van der Waals surface area contributed by atoms with E-state index < -0.39 is 27.6 Å². The van der Waals surface area contributed by atoms with Crippen molar-refractivity contribution in [3.63, 3.8) is 0 Å². The molecule has 1 N–H and O–H groups in total. The van der Waals surface area contributed by atoms with Crippen LogP contribution in [-0.4, -0.2) is 84.2 Å². The maximum Gasteiger partial charge on any atom is 0.320 e. The van der Waals surface area contributed by atoms with Gasteiger partial charge in [-0.2, -0.15) is 0 Å². The molecule has 8 nitrogen and oxygen atoms in total. The van der Waals surface area contributed by atoms with Crippen molar-refractivity contribution in [2.45, 2.75) is 36.4 Å². The summed E-state index contributed by atoms with van der Waals surface area (Å²) in [5, 5.41) is 12.6. The summed E-state index contributed by atoms with van der Waals surface area (Å²) in [6, 6.07) is 19.7. The van der Waals surface area contributed by atoms with Gasteiger partial charge in [-0.05, 0) is 53.4 Å². The smallest absolute Gasteiger partial charge is 0.320 e. The van der Waals surface area contributed by atoms with Gasteiger partial charge in [0.15, 0.2) is 9.84 Å². The molecule has 0 unspecified atom stereocenters. The van der Waals surface area contributed by atoms with Gasteiger partial charge >= 0.3 is 6.03 Å². The van der Waals surface area contributed by atoms with Crippen LogP contribution in [-0.2, 0) is 21.2 Å². The van der Waals surface area contributed by atoms with E-state index in [1.165, 1.54) is 17.0 Å². The van der Waals surface area contributed by atoms with Gasteiger partial charge < -0.3 is 19.8 Å². The Hall–Kier alpha value is -3.14. The van der Waals surface area contributed by atoms with Crippen LogP contribution in [0.2, 0.25) is 5.02 Å². The van der Waals surface area contributed by atoms with Gasteiger partial charge in [0.2, 0.25) is 0 Å². The Bertz CT molecular complexity index is 1440. The van der Waals surface area contributed by atoms with E-state index >= 15 is 0 Å². The topological polar surface area (TPSA) is 98.2 Å². The van der Waals surface area contributed by atoms with E-state index in [0.29, 0.717) is 56.0 Å². The number of urea groups is 1. The first-order valence-corrected chi connectivity index (χ1v) is 14.7. The Kier molecular flexibility index (Phi) is 7.61. The standard InChI is InChI=1S/C28H30ClN3O5S/c29-23-8-6-22-17-25(9-7-21(22)16-23)38(36,37)19-26(33)27(34)30-12-10-24(11-13-30)32-15-14-31(28(32)35)18-20-4-2-1-3-5-20/h1-9,16-17,24,26,33H,10-15,18-19H2/t26-/m1/s1. The minimum absolute atomic E-state index is 0.00224. The zero-order valence-corrected chi connectivity index (χ0v) is 22.4. The number of benzene rings is 3. The molecule has 0 aromatic heterocycles. The van der Waals surface area contributed by atoms with E-state index in [9.17, 15) is 23.1 Å². The molecule has 0 aliphatic carbocycles. The second-order valence-corrected chi connectivity index (χ2v) is 12.4. The van der Waals surface area contributed by atoms with Crippen molar-refractivity contribution in [3.05, 3.63) is 77.3 Å². The van der Waals surface area contributed by atoms with Crippen LogP contribution in [0, 0.1) is 0 Å². The van der Waals surface area contributed by atoms with E-state index in [1.807, 2.05) is 40.1 Å². The number of hydrogen-bond donors (Lipinski definition) is 1. The molecule has 2 fully saturated rings. The number of carbonyl (C=O) groups is 2. The van der Waals surface area contributed by atoms with Gasteiger partial charge in [0.25, 0.3) is 5.91 Å². The third kappa shape index (κ3) is 5.65. The van der Waals surface area contributed by atoms with Crippen molar-refractivity contribution in [3.8, 4) is 0 Å². The van der Waals surface area contributed by atoms with Crippen molar-refractivity contribution in [2.75, 3.05) is 31.9 Å². The van der Waals surface area contributed by atoms with Gasteiger partial charge in [-0.3, -0.25) is 4.79 Å². The maximum atomic E-state index is 13.0. The Morgan fingerprint density at radius 1 is 0.947 bits per heavy atom. The molecule has 2 aliphatic rings. The summed E-state index contributed by atoms with van der Waals surface area (Å²) in [4.78, 5) is 31.2. The Morgan fingerprint density at radius 2 is 1.63 bits per heavy atom. The predicted octanol–water partition coefficient (Wildman–Crippen LogP) is 3.56. The summed E-state index contributed by atoms with van der Waals surface area (Å²) in [5.74, 6) is -1.29. The van der Waals surface area contributed by atoms with Crippen molar-refractivity contribution in [1.82, 2.24) is 14.7 Å². The summed E-state index contributed by atoms with van der Waals surface area (Å²) < 4.78 is 25.9. The highest BCUT2D eigenvalue weighted by Crippen LogP contribution is 2.25. The van der Waals surface area contributed by atoms with Gasteiger partial charge in [0.05, 0.1) is 10.6 Å². The van der Waals surface area contributed by atoms with E-state index in [0.717, 1.165) is 10.9 Å². The third-order valence-corrected chi connectivity index (χ3v) is 9.32. The van der Waals surface area contributed by atoms with Crippen molar-refractivity contribution < 1.29 is 23.1 Å². The minimum atomic E-state index is -3.90. The monoisotopic (exact) mass is 555 g/mol. The van der Waals surface area contributed by atoms with Crippen LogP contribution in [0.5, 0.6) is 0 Å². The largest absolute Gasteiger partial charge is 0.382 e. The average Bonchev–Trinajstić information content (AvgIpc) is 3.27. The third-order valence-electron chi connectivity index (χ3n) is 7.36. The summed E-state index contributed by atoms with van der Waals surface area (Å²) >= 11 is 6.00. The molecule has 0 bridgehead atoms. The highest BCUT2D eigenvalue weighted by atomic mass is 35.5. The molecule has 2 saturated heterocycles. The van der Waals surface area contributed by atoms with Crippen LogP contribution >= 0.6 is 11.6 Å². The maximum absolute atomic E-state index is 13.0. The second kappa shape index (κ2) is 10.9. The highest BCUT2D eigenvalue weighted by molar-refractivity contribution is 7.91. The number of sulfone groups is 1. The normalized spacial score (nSPS) is 17.8. The number of amides is 3. The molecule has 3 aromatic carbocycles. The molecule has 1 atom stereocenters. The van der Waals surface area contributed by atoms with Crippen LogP contribution in [0.25, 0.3) is 10.8 Å². The van der Waals surface area contributed by atoms with E-state index in [2.05, 4.69) is 0 Å². The second-order valence-electron chi connectivity index (χ2n) is 9.89. The van der Waals surface area contributed by atoms with Crippen LogP contribution in [0.15, 0.2) is 71.6 Å². The van der Waals surface area contributed by atoms with Gasteiger partial charge in [-0.1, -0.05) is 54.1 Å². The first kappa shape index (κ1) is 26.5. The van der Waals surface area contributed by atoms with E-state index in [4.69, 9.17) is 11.6 Å². The van der Waals surface area contributed by atoms with Gasteiger partial charge in [0.1, 0.15) is 6.10 Å². The molecular formula is C28H30ClN3O5S. The number of aliphatic hydroxyl groups is 1. The lowest BCUT2D eigenvalue weighted by atomic mass is 10.0. The first-order valence-electron chi connectivity index (χ1n) is 12.7. The Morgan fingerprint density at radius 3 is 2.37 bits per heavy atom. The highest BCUT2D eigenvalue weighted by Gasteiger charge is 2.37.